The maximum Gasteiger partial charge on any atom is 0.405 e. The molecule has 0 saturated heterocycles. The van der Waals surface area contributed by atoms with Crippen LogP contribution in [0.4, 0.5) is 4.79 Å². The normalized spacial score (nSPS) is 17.0. The summed E-state index contributed by atoms with van der Waals surface area (Å²) in [5.41, 5.74) is 5.91. The third-order valence-corrected chi connectivity index (χ3v) is 2.73. The number of ether oxygens (including phenoxy) is 2. The number of hydrogen-bond donors (Lipinski definition) is 1. The van der Waals surface area contributed by atoms with E-state index in [-0.39, 0.29) is 6.61 Å². The second-order valence-corrected chi connectivity index (χ2v) is 3.86. The van der Waals surface area contributed by atoms with E-state index >= 15 is 0 Å². The number of carbonyl (C=O) groups is 1. The molecule has 3 rings (SSSR count). The minimum atomic E-state index is -0.843. The summed E-state index contributed by atoms with van der Waals surface area (Å²) >= 11 is 0. The van der Waals surface area contributed by atoms with Gasteiger partial charge in [-0.15, -0.1) is 0 Å². The molecule has 2 heterocycles. The molecule has 92 valence electrons. The predicted octanol–water partition coefficient (Wildman–Crippen LogP) is 1.40. The number of aromatic nitrogens is 2. The van der Waals surface area contributed by atoms with Gasteiger partial charge in [0.25, 0.3) is 0 Å². The van der Waals surface area contributed by atoms with Crippen LogP contribution in [0.5, 0.6) is 5.75 Å². The maximum absolute atomic E-state index is 10.9. The molecule has 0 unspecified atom stereocenters. The van der Waals surface area contributed by atoms with E-state index in [0.29, 0.717) is 11.6 Å². The minimum Gasteiger partial charge on any atom is -0.487 e. The molecule has 0 fully saturated rings. The van der Waals surface area contributed by atoms with Crippen LogP contribution in [0.15, 0.2) is 36.7 Å². The Bertz CT molecular complexity index is 594. The van der Waals surface area contributed by atoms with Gasteiger partial charge in [0, 0.05) is 12.4 Å². The number of fused-ring (bicyclic) bond motifs is 3. The third-order valence-electron chi connectivity index (χ3n) is 2.73. The molecule has 1 aliphatic heterocycles. The first-order valence-corrected chi connectivity index (χ1v) is 5.47. The van der Waals surface area contributed by atoms with Crippen LogP contribution >= 0.6 is 0 Å². The fourth-order valence-electron chi connectivity index (χ4n) is 2.00. The second kappa shape index (κ2) is 4.06. The van der Waals surface area contributed by atoms with Crippen molar-refractivity contribution < 1.29 is 14.3 Å². The minimum absolute atomic E-state index is 0.191. The zero-order valence-corrected chi connectivity index (χ0v) is 9.45. The van der Waals surface area contributed by atoms with Gasteiger partial charge in [-0.05, 0) is 12.1 Å². The van der Waals surface area contributed by atoms with Gasteiger partial charge in [-0.2, -0.15) is 0 Å². The molecule has 18 heavy (non-hydrogen) atoms. The van der Waals surface area contributed by atoms with Crippen LogP contribution in [0.2, 0.25) is 0 Å². The van der Waals surface area contributed by atoms with Crippen LogP contribution in [0.25, 0.3) is 5.69 Å². The highest BCUT2D eigenvalue weighted by atomic mass is 16.6. The summed E-state index contributed by atoms with van der Waals surface area (Å²) in [6, 6.07) is 7.55. The molecule has 6 heteroatoms. The third kappa shape index (κ3) is 1.67. The largest absolute Gasteiger partial charge is 0.487 e. The molecular weight excluding hydrogens is 234 g/mol. The topological polar surface area (TPSA) is 79.4 Å². The predicted molar refractivity (Wildman–Crippen MR) is 62.5 cm³/mol. The van der Waals surface area contributed by atoms with Gasteiger partial charge in [0.15, 0.2) is 11.9 Å². The summed E-state index contributed by atoms with van der Waals surface area (Å²) in [7, 11) is 0. The summed E-state index contributed by atoms with van der Waals surface area (Å²) in [5, 5.41) is 0. The summed E-state index contributed by atoms with van der Waals surface area (Å²) in [4.78, 5) is 15.1. The van der Waals surface area contributed by atoms with E-state index in [2.05, 4.69) is 4.98 Å². The Hall–Kier alpha value is -2.50. The molecule has 0 radical (unpaired) electrons. The lowest BCUT2D eigenvalue weighted by molar-refractivity contribution is 0.0685. The summed E-state index contributed by atoms with van der Waals surface area (Å²) in [5.74, 6) is 1.31. The molecule has 0 spiro atoms. The Morgan fingerprint density at radius 1 is 1.50 bits per heavy atom. The fraction of sp³-hybridized carbons (Fsp3) is 0.167. The first kappa shape index (κ1) is 10.6. The quantitative estimate of drug-likeness (QED) is 0.823. The van der Waals surface area contributed by atoms with Crippen molar-refractivity contribution in [3.8, 4) is 11.4 Å². The molecule has 1 atom stereocenters. The molecule has 0 saturated carbocycles. The average molecular weight is 245 g/mol. The number of rotatable bonds is 1. The molecule has 2 aromatic rings. The molecule has 1 aromatic heterocycles. The molecule has 1 aliphatic rings. The van der Waals surface area contributed by atoms with Crippen molar-refractivity contribution >= 4 is 6.09 Å². The lowest BCUT2D eigenvalue weighted by Gasteiger charge is -2.13. The van der Waals surface area contributed by atoms with Gasteiger partial charge in [-0.1, -0.05) is 12.1 Å². The van der Waals surface area contributed by atoms with E-state index in [9.17, 15) is 4.79 Å². The standard InChI is InChI=1S/C12H11N3O3/c13-12(16)18-10-7-17-9-4-2-1-3-8(9)15-6-5-14-11(10)15/h1-6,10H,7H2,(H2,13,16)/t10-/m0/s1. The van der Waals surface area contributed by atoms with Crippen LogP contribution in [-0.2, 0) is 4.74 Å². The summed E-state index contributed by atoms with van der Waals surface area (Å²) < 4.78 is 12.5. The maximum atomic E-state index is 10.9. The van der Waals surface area contributed by atoms with Gasteiger partial charge in [0.1, 0.15) is 12.4 Å². The first-order chi connectivity index (χ1) is 8.75. The number of nitrogens with zero attached hydrogens (tertiary/aromatic N) is 2. The van der Waals surface area contributed by atoms with Crippen molar-refractivity contribution in [3.05, 3.63) is 42.5 Å². The Kier molecular flexibility index (Phi) is 2.40. The molecule has 1 amide bonds. The molecule has 1 aromatic carbocycles. The SMILES string of the molecule is NC(=O)O[C@H]1COc2ccccc2-n2ccnc21. The number of nitrogens with two attached hydrogens (primary N) is 1. The van der Waals surface area contributed by atoms with Crippen LogP contribution in [0.1, 0.15) is 11.9 Å². The number of imidazole rings is 1. The van der Waals surface area contributed by atoms with Gasteiger partial charge < -0.3 is 15.2 Å². The van der Waals surface area contributed by atoms with Gasteiger partial charge in [0.2, 0.25) is 0 Å². The highest BCUT2D eigenvalue weighted by molar-refractivity contribution is 5.65. The Morgan fingerprint density at radius 2 is 2.33 bits per heavy atom. The zero-order chi connectivity index (χ0) is 12.5. The van der Waals surface area contributed by atoms with E-state index in [1.807, 2.05) is 28.8 Å². The van der Waals surface area contributed by atoms with Crippen LogP contribution in [-0.4, -0.2) is 22.3 Å². The second-order valence-electron chi connectivity index (χ2n) is 3.86. The van der Waals surface area contributed by atoms with Crippen molar-refractivity contribution in [2.24, 2.45) is 5.73 Å². The van der Waals surface area contributed by atoms with Gasteiger partial charge in [0.05, 0.1) is 5.69 Å². The van der Waals surface area contributed by atoms with Crippen LogP contribution < -0.4 is 10.5 Å². The molecule has 0 aliphatic carbocycles. The Labute approximate surface area is 103 Å². The smallest absolute Gasteiger partial charge is 0.405 e. The number of benzene rings is 1. The van der Waals surface area contributed by atoms with Crippen LogP contribution in [0, 0.1) is 0 Å². The van der Waals surface area contributed by atoms with Crippen molar-refractivity contribution in [1.29, 1.82) is 0 Å². The zero-order valence-electron chi connectivity index (χ0n) is 9.45. The monoisotopic (exact) mass is 245 g/mol. The lowest BCUT2D eigenvalue weighted by atomic mass is 10.3. The molecule has 2 N–H and O–H groups in total. The van der Waals surface area contributed by atoms with Crippen molar-refractivity contribution in [2.45, 2.75) is 6.10 Å². The van der Waals surface area contributed by atoms with Gasteiger partial charge >= 0.3 is 6.09 Å². The molecular formula is C12H11N3O3. The van der Waals surface area contributed by atoms with E-state index in [4.69, 9.17) is 15.2 Å². The lowest BCUT2D eigenvalue weighted by Crippen LogP contribution is -2.22. The van der Waals surface area contributed by atoms with E-state index in [1.54, 1.807) is 12.4 Å². The van der Waals surface area contributed by atoms with Gasteiger partial charge in [-0.3, -0.25) is 4.57 Å². The average Bonchev–Trinajstić information content (AvgIpc) is 2.78. The first-order valence-electron chi connectivity index (χ1n) is 5.47. The summed E-state index contributed by atoms with van der Waals surface area (Å²) in [6.45, 7) is 0.191. The molecule has 6 nitrogen and oxygen atoms in total. The highest BCUT2D eigenvalue weighted by Crippen LogP contribution is 2.31. The van der Waals surface area contributed by atoms with E-state index in [0.717, 1.165) is 5.69 Å². The summed E-state index contributed by atoms with van der Waals surface area (Å²) in [6.07, 6.45) is 1.99. The van der Waals surface area contributed by atoms with Crippen molar-refractivity contribution in [1.82, 2.24) is 9.55 Å². The number of para-hydroxylation sites is 2. The van der Waals surface area contributed by atoms with Crippen LogP contribution in [0.3, 0.4) is 0 Å². The highest BCUT2D eigenvalue weighted by Gasteiger charge is 2.26. The van der Waals surface area contributed by atoms with Crippen molar-refractivity contribution in [3.63, 3.8) is 0 Å². The van der Waals surface area contributed by atoms with E-state index < -0.39 is 12.2 Å². The van der Waals surface area contributed by atoms with Crippen molar-refractivity contribution in [2.75, 3.05) is 6.61 Å². The Balaban J connectivity index is 2.09. The number of carbonyl (C=O) groups excluding carboxylic acids is 1. The number of hydrogen-bond acceptors (Lipinski definition) is 4. The number of primary amides is 1. The number of amides is 1. The molecule has 0 bridgehead atoms. The fourth-order valence-corrected chi connectivity index (χ4v) is 2.00. The van der Waals surface area contributed by atoms with E-state index in [1.165, 1.54) is 0 Å². The van der Waals surface area contributed by atoms with Gasteiger partial charge in [-0.25, -0.2) is 9.78 Å². The Morgan fingerprint density at radius 3 is 3.17 bits per heavy atom.